The van der Waals surface area contributed by atoms with E-state index >= 15 is 0 Å². The van der Waals surface area contributed by atoms with Crippen molar-refractivity contribution >= 4 is 29.6 Å². The fourth-order valence-electron chi connectivity index (χ4n) is 0.283. The maximum absolute atomic E-state index is 8.15. The van der Waals surface area contributed by atoms with Gasteiger partial charge in [-0.25, -0.2) is 0 Å². The summed E-state index contributed by atoms with van der Waals surface area (Å²) in [5.74, 6) is 0. The van der Waals surface area contributed by atoms with Crippen LogP contribution >= 0.6 is 0 Å². The first-order valence-electron chi connectivity index (χ1n) is 2.34. The van der Waals surface area contributed by atoms with Gasteiger partial charge in [-0.05, 0) is 0 Å². The van der Waals surface area contributed by atoms with Crippen molar-refractivity contribution in [2.24, 2.45) is 0 Å². The Labute approximate surface area is 71.4 Å². The summed E-state index contributed by atoms with van der Waals surface area (Å²) in [5.41, 5.74) is 0. The third-order valence-corrected chi connectivity index (χ3v) is 0.577. The zero-order valence-electron chi connectivity index (χ0n) is 4.22. The first-order valence-corrected chi connectivity index (χ1v) is 2.34. The van der Waals surface area contributed by atoms with Crippen molar-refractivity contribution in [3.63, 3.8) is 0 Å². The van der Waals surface area contributed by atoms with Crippen molar-refractivity contribution in [3.05, 3.63) is 0 Å². The van der Waals surface area contributed by atoms with Gasteiger partial charge in [-0.1, -0.05) is 0 Å². The number of aliphatic hydroxyl groups is 2. The van der Waals surface area contributed by atoms with Crippen LogP contribution in [0.3, 0.4) is 0 Å². The second-order valence-electron chi connectivity index (χ2n) is 1.20. The van der Waals surface area contributed by atoms with Crippen LogP contribution in [-0.2, 0) is 0 Å². The van der Waals surface area contributed by atoms with Crippen LogP contribution in [0.15, 0.2) is 0 Å². The molecule has 0 aromatic rings. The number of nitrogens with one attached hydrogen (secondary N) is 1. The molecular weight excluding hydrogens is 117 g/mol. The Kier molecular flexibility index (Phi) is 15.7. The molecule has 0 rings (SSSR count). The van der Waals surface area contributed by atoms with Gasteiger partial charge in [0.1, 0.15) is 0 Å². The van der Waals surface area contributed by atoms with Gasteiger partial charge in [-0.2, -0.15) is 0 Å². The van der Waals surface area contributed by atoms with Crippen LogP contribution in [0.2, 0.25) is 0 Å². The zero-order valence-corrected chi connectivity index (χ0v) is 4.22. The molecule has 46 valence electrons. The summed E-state index contributed by atoms with van der Waals surface area (Å²) in [6.45, 7) is 1.42. The molecule has 0 saturated carbocycles. The van der Waals surface area contributed by atoms with E-state index in [0.29, 0.717) is 13.1 Å². The van der Waals surface area contributed by atoms with Gasteiger partial charge in [-0.15, -0.1) is 0 Å². The molecule has 0 aliphatic heterocycles. The quantitative estimate of drug-likeness (QED) is 0.301. The second-order valence-corrected chi connectivity index (χ2v) is 1.20. The summed E-state index contributed by atoms with van der Waals surface area (Å²) in [6, 6.07) is 0. The number of hydrogen-bond donors (Lipinski definition) is 3. The van der Waals surface area contributed by atoms with Gasteiger partial charge >= 0.3 is 29.6 Å². The molecule has 0 atom stereocenters. The van der Waals surface area contributed by atoms with E-state index in [2.05, 4.69) is 5.32 Å². The van der Waals surface area contributed by atoms with E-state index in [1.807, 2.05) is 0 Å². The van der Waals surface area contributed by atoms with Crippen LogP contribution < -0.4 is 5.32 Å². The van der Waals surface area contributed by atoms with Gasteiger partial charge in [-0.3, -0.25) is 0 Å². The molecule has 0 aromatic carbocycles. The predicted molar refractivity (Wildman–Crippen MR) is 34.2 cm³/mol. The first kappa shape index (κ1) is 11.6. The number of rotatable bonds is 4. The number of hydrogen-bond acceptors (Lipinski definition) is 3. The molecule has 0 aliphatic rings. The normalized spacial score (nSPS) is 8.25. The average Bonchev–Trinajstić information content (AvgIpc) is 1.69. The zero-order chi connectivity index (χ0) is 5.54. The molecule has 0 unspecified atom stereocenters. The molecule has 0 spiro atoms. The SMILES string of the molecule is OCCNCCO.[NaH]. The van der Waals surface area contributed by atoms with Crippen molar-refractivity contribution in [3.8, 4) is 0 Å². The third kappa shape index (κ3) is 9.99. The van der Waals surface area contributed by atoms with Gasteiger partial charge in [0.15, 0.2) is 0 Å². The molecule has 4 heteroatoms. The van der Waals surface area contributed by atoms with E-state index in [1.54, 1.807) is 0 Å². The van der Waals surface area contributed by atoms with Crippen molar-refractivity contribution in [2.75, 3.05) is 26.3 Å². The van der Waals surface area contributed by atoms with E-state index in [4.69, 9.17) is 10.2 Å². The monoisotopic (exact) mass is 129 g/mol. The summed E-state index contributed by atoms with van der Waals surface area (Å²) in [5, 5.41) is 19.1. The molecule has 0 aromatic heterocycles. The molecule has 0 aliphatic carbocycles. The van der Waals surface area contributed by atoms with Gasteiger partial charge in [0, 0.05) is 13.1 Å². The molecule has 0 heterocycles. The molecule has 0 saturated heterocycles. The predicted octanol–water partition coefficient (Wildman–Crippen LogP) is -2.09. The van der Waals surface area contributed by atoms with Crippen LogP contribution in [0, 0.1) is 0 Å². The van der Waals surface area contributed by atoms with E-state index in [-0.39, 0.29) is 42.8 Å². The number of aliphatic hydroxyl groups excluding tert-OH is 2. The summed E-state index contributed by atoms with van der Waals surface area (Å²) < 4.78 is 0. The van der Waals surface area contributed by atoms with Crippen molar-refractivity contribution < 1.29 is 10.2 Å². The summed E-state index contributed by atoms with van der Waals surface area (Å²) in [7, 11) is 0. The minimum atomic E-state index is 0. The molecule has 8 heavy (non-hydrogen) atoms. The van der Waals surface area contributed by atoms with Crippen LogP contribution in [0.25, 0.3) is 0 Å². The van der Waals surface area contributed by atoms with E-state index in [9.17, 15) is 0 Å². The van der Waals surface area contributed by atoms with Gasteiger partial charge in [0.25, 0.3) is 0 Å². The summed E-state index contributed by atoms with van der Waals surface area (Å²) in [4.78, 5) is 0. The van der Waals surface area contributed by atoms with Crippen LogP contribution in [-0.4, -0.2) is 66.1 Å². The van der Waals surface area contributed by atoms with Crippen molar-refractivity contribution in [1.82, 2.24) is 5.32 Å². The van der Waals surface area contributed by atoms with Gasteiger partial charge in [0.05, 0.1) is 13.2 Å². The topological polar surface area (TPSA) is 52.5 Å². The molecule has 3 N–H and O–H groups in total. The molecule has 0 amide bonds. The fraction of sp³-hybridized carbons (Fsp3) is 1.00. The van der Waals surface area contributed by atoms with E-state index in [0.717, 1.165) is 0 Å². The Balaban J connectivity index is 0. The fourth-order valence-corrected chi connectivity index (χ4v) is 0.283. The molecule has 0 fully saturated rings. The third-order valence-electron chi connectivity index (χ3n) is 0.577. The van der Waals surface area contributed by atoms with Crippen LogP contribution in [0.5, 0.6) is 0 Å². The van der Waals surface area contributed by atoms with Crippen molar-refractivity contribution in [1.29, 1.82) is 0 Å². The Hall–Kier alpha value is 0.880. The Bertz CT molecular complexity index is 33.2. The van der Waals surface area contributed by atoms with Crippen LogP contribution in [0.1, 0.15) is 0 Å². The summed E-state index contributed by atoms with van der Waals surface area (Å²) in [6.07, 6.45) is 0. The Morgan fingerprint density at radius 3 is 1.62 bits per heavy atom. The molecule has 0 bridgehead atoms. The maximum atomic E-state index is 8.15. The summed E-state index contributed by atoms with van der Waals surface area (Å²) >= 11 is 0. The van der Waals surface area contributed by atoms with Gasteiger partial charge < -0.3 is 15.5 Å². The Morgan fingerprint density at radius 1 is 1.00 bits per heavy atom. The van der Waals surface area contributed by atoms with E-state index < -0.39 is 0 Å². The molecule has 3 nitrogen and oxygen atoms in total. The van der Waals surface area contributed by atoms with Crippen LogP contribution in [0.4, 0.5) is 0 Å². The van der Waals surface area contributed by atoms with Crippen molar-refractivity contribution in [2.45, 2.75) is 0 Å². The molecule has 0 radical (unpaired) electrons. The van der Waals surface area contributed by atoms with Gasteiger partial charge in [0.2, 0.25) is 0 Å². The van der Waals surface area contributed by atoms with E-state index in [1.165, 1.54) is 0 Å². The standard InChI is InChI=1S/C4H11NO2.Na.H/c6-3-1-5-2-4-7;;/h5-7H,1-4H2;;. The second kappa shape index (κ2) is 10.8. The average molecular weight is 129 g/mol. The molecular formula is C4H12NNaO2. The first-order chi connectivity index (χ1) is 3.41. The minimum absolute atomic E-state index is 0. The Morgan fingerprint density at radius 2 is 1.38 bits per heavy atom.